The minimum atomic E-state index is -0.298. The Bertz CT molecular complexity index is 647. The lowest BCUT2D eigenvalue weighted by Crippen LogP contribution is -2.34. The molecule has 2 fully saturated rings. The van der Waals surface area contributed by atoms with Gasteiger partial charge in [-0.15, -0.1) is 0 Å². The van der Waals surface area contributed by atoms with Gasteiger partial charge in [0.05, 0.1) is 24.6 Å². The highest BCUT2D eigenvalue weighted by Crippen LogP contribution is 2.33. The van der Waals surface area contributed by atoms with Crippen LogP contribution >= 0.6 is 0 Å². The van der Waals surface area contributed by atoms with Gasteiger partial charge in [-0.2, -0.15) is 0 Å². The van der Waals surface area contributed by atoms with E-state index in [1.165, 1.54) is 0 Å². The summed E-state index contributed by atoms with van der Waals surface area (Å²) in [6.45, 7) is 3.23. The summed E-state index contributed by atoms with van der Waals surface area (Å²) in [5.74, 6) is 0.258. The molecule has 2 saturated heterocycles. The molecule has 2 atom stereocenters. The number of anilines is 1. The molecule has 0 radical (unpaired) electrons. The zero-order chi connectivity index (χ0) is 18.5. The monoisotopic (exact) mass is 361 g/mol. The number of amides is 2. The van der Waals surface area contributed by atoms with Crippen molar-refractivity contribution in [1.82, 2.24) is 20.2 Å². The van der Waals surface area contributed by atoms with E-state index in [9.17, 15) is 9.59 Å². The predicted octanol–water partition coefficient (Wildman–Crippen LogP) is 0.401. The SMILES string of the molecule is CNC(=O)[C@@H]1CN(C(=O)CCOC)C[C@H]1c1ccnc(N2CCCC2)n1. The van der Waals surface area contributed by atoms with E-state index >= 15 is 0 Å². The molecule has 3 heterocycles. The molecule has 8 heteroatoms. The molecule has 0 aliphatic carbocycles. The minimum Gasteiger partial charge on any atom is -0.384 e. The molecule has 142 valence electrons. The van der Waals surface area contributed by atoms with Crippen molar-refractivity contribution in [2.24, 2.45) is 5.92 Å². The quantitative estimate of drug-likeness (QED) is 0.789. The smallest absolute Gasteiger partial charge is 0.225 e. The van der Waals surface area contributed by atoms with Gasteiger partial charge in [0, 0.05) is 52.5 Å². The van der Waals surface area contributed by atoms with E-state index in [1.807, 2.05) is 6.07 Å². The number of carbonyl (C=O) groups excluding carboxylic acids is 2. The van der Waals surface area contributed by atoms with Crippen molar-refractivity contribution in [3.8, 4) is 0 Å². The fraction of sp³-hybridized carbons (Fsp3) is 0.667. The highest BCUT2D eigenvalue weighted by Gasteiger charge is 2.40. The molecule has 26 heavy (non-hydrogen) atoms. The molecule has 2 aliphatic heterocycles. The van der Waals surface area contributed by atoms with Gasteiger partial charge in [-0.05, 0) is 18.9 Å². The number of nitrogens with one attached hydrogen (secondary N) is 1. The third-order valence-corrected chi connectivity index (χ3v) is 5.21. The lowest BCUT2D eigenvalue weighted by Gasteiger charge is -2.19. The Morgan fingerprint density at radius 1 is 1.31 bits per heavy atom. The summed E-state index contributed by atoms with van der Waals surface area (Å²) in [4.78, 5) is 37.8. The van der Waals surface area contributed by atoms with Crippen molar-refractivity contribution < 1.29 is 14.3 Å². The van der Waals surface area contributed by atoms with Crippen molar-refractivity contribution in [3.05, 3.63) is 18.0 Å². The van der Waals surface area contributed by atoms with E-state index in [0.717, 1.165) is 37.6 Å². The molecule has 0 spiro atoms. The molecule has 0 unspecified atom stereocenters. The van der Waals surface area contributed by atoms with Gasteiger partial charge in [-0.1, -0.05) is 0 Å². The van der Waals surface area contributed by atoms with Crippen molar-refractivity contribution in [1.29, 1.82) is 0 Å². The highest BCUT2D eigenvalue weighted by atomic mass is 16.5. The molecule has 1 aromatic heterocycles. The third kappa shape index (κ3) is 3.95. The van der Waals surface area contributed by atoms with Crippen LogP contribution in [0.25, 0.3) is 0 Å². The zero-order valence-corrected chi connectivity index (χ0v) is 15.5. The van der Waals surface area contributed by atoms with Crippen molar-refractivity contribution >= 4 is 17.8 Å². The maximum Gasteiger partial charge on any atom is 0.225 e. The second-order valence-electron chi connectivity index (χ2n) is 6.84. The minimum absolute atomic E-state index is 0.0112. The first-order valence-electron chi connectivity index (χ1n) is 9.20. The van der Waals surface area contributed by atoms with E-state index in [0.29, 0.717) is 26.1 Å². The van der Waals surface area contributed by atoms with E-state index in [2.05, 4.69) is 15.2 Å². The first-order chi connectivity index (χ1) is 12.6. The van der Waals surface area contributed by atoms with Gasteiger partial charge in [0.25, 0.3) is 0 Å². The number of methoxy groups -OCH3 is 1. The summed E-state index contributed by atoms with van der Waals surface area (Å²) in [7, 11) is 3.21. The third-order valence-electron chi connectivity index (χ3n) is 5.21. The largest absolute Gasteiger partial charge is 0.384 e. The van der Waals surface area contributed by atoms with Gasteiger partial charge in [0.1, 0.15) is 0 Å². The van der Waals surface area contributed by atoms with Crippen LogP contribution in [0.5, 0.6) is 0 Å². The molecule has 1 N–H and O–H groups in total. The molecular formula is C18H27N5O3. The molecule has 2 aliphatic rings. The van der Waals surface area contributed by atoms with E-state index in [4.69, 9.17) is 9.72 Å². The van der Waals surface area contributed by atoms with Crippen LogP contribution in [0.4, 0.5) is 5.95 Å². The summed E-state index contributed by atoms with van der Waals surface area (Å²) in [6, 6.07) is 1.86. The fourth-order valence-corrected chi connectivity index (χ4v) is 3.74. The fourth-order valence-electron chi connectivity index (χ4n) is 3.74. The van der Waals surface area contributed by atoms with Crippen LogP contribution in [-0.4, -0.2) is 73.6 Å². The number of aromatic nitrogens is 2. The van der Waals surface area contributed by atoms with Crippen molar-refractivity contribution in [2.75, 3.05) is 51.8 Å². The molecular weight excluding hydrogens is 334 g/mol. The number of likely N-dealkylation sites (tertiary alicyclic amines) is 1. The van der Waals surface area contributed by atoms with E-state index in [-0.39, 0.29) is 23.7 Å². The Morgan fingerprint density at radius 2 is 2.08 bits per heavy atom. The summed E-state index contributed by atoms with van der Waals surface area (Å²) in [5.41, 5.74) is 0.831. The Morgan fingerprint density at radius 3 is 2.77 bits per heavy atom. The summed E-state index contributed by atoms with van der Waals surface area (Å²) in [5, 5.41) is 2.72. The zero-order valence-electron chi connectivity index (χ0n) is 15.5. The van der Waals surface area contributed by atoms with Gasteiger partial charge >= 0.3 is 0 Å². The molecule has 3 rings (SSSR count). The lowest BCUT2D eigenvalue weighted by atomic mass is 9.92. The van der Waals surface area contributed by atoms with Gasteiger partial charge in [0.2, 0.25) is 17.8 Å². The van der Waals surface area contributed by atoms with Gasteiger partial charge in [-0.3, -0.25) is 9.59 Å². The average molecular weight is 361 g/mol. The predicted molar refractivity (Wildman–Crippen MR) is 96.8 cm³/mol. The van der Waals surface area contributed by atoms with Crippen molar-refractivity contribution in [3.63, 3.8) is 0 Å². The summed E-state index contributed by atoms with van der Waals surface area (Å²) >= 11 is 0. The van der Waals surface area contributed by atoms with E-state index < -0.39 is 0 Å². The first kappa shape index (κ1) is 18.6. The van der Waals surface area contributed by atoms with Crippen molar-refractivity contribution in [2.45, 2.75) is 25.2 Å². The number of nitrogens with zero attached hydrogens (tertiary/aromatic N) is 4. The average Bonchev–Trinajstić information content (AvgIpc) is 3.35. The van der Waals surface area contributed by atoms with Crippen LogP contribution in [-0.2, 0) is 14.3 Å². The normalized spacial score (nSPS) is 22.7. The number of carbonyl (C=O) groups is 2. The maximum absolute atomic E-state index is 12.4. The van der Waals surface area contributed by atoms with E-state index in [1.54, 1.807) is 25.3 Å². The van der Waals surface area contributed by atoms with Gasteiger partial charge in [0.15, 0.2) is 0 Å². The molecule has 0 bridgehead atoms. The Hall–Kier alpha value is -2.22. The number of hydrogen-bond donors (Lipinski definition) is 1. The molecule has 0 saturated carbocycles. The first-order valence-corrected chi connectivity index (χ1v) is 9.20. The van der Waals surface area contributed by atoms with Gasteiger partial charge < -0.3 is 19.9 Å². The lowest BCUT2D eigenvalue weighted by molar-refractivity contribution is -0.131. The number of ether oxygens (including phenoxy) is 1. The summed E-state index contributed by atoms with van der Waals surface area (Å²) in [6.07, 6.45) is 4.39. The molecule has 0 aromatic carbocycles. The van der Waals surface area contributed by atoms with Crippen LogP contribution in [0.3, 0.4) is 0 Å². The Kier molecular flexibility index (Phi) is 6.03. The van der Waals surface area contributed by atoms with Crippen LogP contribution in [0.1, 0.15) is 30.9 Å². The Labute approximate surface area is 153 Å². The highest BCUT2D eigenvalue weighted by molar-refractivity contribution is 5.83. The standard InChI is InChI=1S/C18H27N5O3/c1-19-17(25)14-12-23(16(24)6-10-26-2)11-13(14)15-5-7-20-18(21-15)22-8-3-4-9-22/h5,7,13-14H,3-4,6,8-12H2,1-2H3,(H,19,25)/t13-,14-/m1/s1. The van der Waals surface area contributed by atoms with Crippen LogP contribution in [0.2, 0.25) is 0 Å². The topological polar surface area (TPSA) is 87.7 Å². The molecule has 8 nitrogen and oxygen atoms in total. The van der Waals surface area contributed by atoms with Crippen LogP contribution in [0, 0.1) is 5.92 Å². The van der Waals surface area contributed by atoms with Crippen LogP contribution < -0.4 is 10.2 Å². The second kappa shape index (κ2) is 8.44. The summed E-state index contributed by atoms with van der Waals surface area (Å²) < 4.78 is 5.00. The number of rotatable bonds is 6. The maximum atomic E-state index is 12.4. The second-order valence-corrected chi connectivity index (χ2v) is 6.84. The number of hydrogen-bond acceptors (Lipinski definition) is 6. The van der Waals surface area contributed by atoms with Gasteiger partial charge in [-0.25, -0.2) is 9.97 Å². The molecule has 1 aromatic rings. The molecule has 2 amide bonds. The van der Waals surface area contributed by atoms with Crippen LogP contribution in [0.15, 0.2) is 12.3 Å². The Balaban J connectivity index is 1.80.